The highest BCUT2D eigenvalue weighted by Crippen LogP contribution is 2.30. The summed E-state index contributed by atoms with van der Waals surface area (Å²) in [4.78, 5) is 16.0. The molecule has 2 aromatic rings. The minimum absolute atomic E-state index is 0.0549. The summed E-state index contributed by atoms with van der Waals surface area (Å²) < 4.78 is 18.6. The van der Waals surface area contributed by atoms with Crippen LogP contribution >= 0.6 is 11.6 Å². The molecule has 1 fully saturated rings. The molecule has 0 aromatic carbocycles. The van der Waals surface area contributed by atoms with Crippen LogP contribution in [-0.2, 0) is 14.2 Å². The molecule has 1 unspecified atom stereocenters. The molecule has 0 radical (unpaired) electrons. The largest absolute Gasteiger partial charge is 0.444 e. The van der Waals surface area contributed by atoms with Gasteiger partial charge in [0.1, 0.15) is 16.6 Å². The number of hydrogen-bond acceptors (Lipinski definition) is 7. The van der Waals surface area contributed by atoms with Crippen LogP contribution in [0.4, 0.5) is 10.6 Å². The second-order valence-electron chi connectivity index (χ2n) is 8.81. The van der Waals surface area contributed by atoms with Gasteiger partial charge >= 0.3 is 6.09 Å². The topological polar surface area (TPSA) is 99.5 Å². The van der Waals surface area contributed by atoms with E-state index in [-0.39, 0.29) is 12.3 Å². The SMILES string of the molecule is CC(C)(C)OC(=O)NCCCCOCCNc1nc(Cl)cc2c1cnn2C1CCCCO1. The first kappa shape index (κ1) is 24.5. The van der Waals surface area contributed by atoms with Crippen molar-refractivity contribution >= 4 is 34.4 Å². The number of carbonyl (C=O) groups excluding carboxylic acids is 1. The minimum Gasteiger partial charge on any atom is -0.444 e. The molecule has 3 rings (SSSR count). The highest BCUT2D eigenvalue weighted by molar-refractivity contribution is 6.30. The van der Waals surface area contributed by atoms with Gasteiger partial charge in [-0.2, -0.15) is 5.10 Å². The lowest BCUT2D eigenvalue weighted by molar-refractivity contribution is -0.0366. The fourth-order valence-electron chi connectivity index (χ4n) is 3.47. The molecule has 1 atom stereocenters. The van der Waals surface area contributed by atoms with E-state index in [1.54, 1.807) is 6.20 Å². The van der Waals surface area contributed by atoms with Gasteiger partial charge in [-0.15, -0.1) is 0 Å². The second-order valence-corrected chi connectivity index (χ2v) is 9.20. The third kappa shape index (κ3) is 7.50. The fourth-order valence-corrected chi connectivity index (χ4v) is 3.66. The van der Waals surface area contributed by atoms with Crippen molar-refractivity contribution in [1.82, 2.24) is 20.1 Å². The van der Waals surface area contributed by atoms with Crippen molar-refractivity contribution in [1.29, 1.82) is 0 Å². The van der Waals surface area contributed by atoms with Crippen LogP contribution in [-0.4, -0.2) is 59.4 Å². The normalized spacial score (nSPS) is 16.8. The summed E-state index contributed by atoms with van der Waals surface area (Å²) >= 11 is 6.26. The maximum atomic E-state index is 11.6. The molecule has 1 saturated heterocycles. The van der Waals surface area contributed by atoms with Crippen LogP contribution in [0.15, 0.2) is 12.3 Å². The Morgan fingerprint density at radius 3 is 2.88 bits per heavy atom. The van der Waals surface area contributed by atoms with Crippen molar-refractivity contribution in [2.75, 3.05) is 38.2 Å². The van der Waals surface area contributed by atoms with E-state index in [1.165, 1.54) is 0 Å². The number of nitrogens with zero attached hydrogens (tertiary/aromatic N) is 3. The lowest BCUT2D eigenvalue weighted by atomic mass is 10.2. The number of nitrogens with one attached hydrogen (secondary N) is 2. The van der Waals surface area contributed by atoms with E-state index in [2.05, 4.69) is 20.7 Å². The molecular weight excluding hydrogens is 434 g/mol. The molecule has 32 heavy (non-hydrogen) atoms. The van der Waals surface area contributed by atoms with Crippen LogP contribution in [0.5, 0.6) is 0 Å². The summed E-state index contributed by atoms with van der Waals surface area (Å²) in [6.45, 7) is 8.60. The van der Waals surface area contributed by atoms with Crippen molar-refractivity contribution in [3.8, 4) is 0 Å². The molecule has 2 N–H and O–H groups in total. The van der Waals surface area contributed by atoms with Crippen LogP contribution in [0.25, 0.3) is 10.9 Å². The number of rotatable bonds is 10. The second kappa shape index (κ2) is 11.7. The quantitative estimate of drug-likeness (QED) is 0.391. The Labute approximate surface area is 194 Å². The summed E-state index contributed by atoms with van der Waals surface area (Å²) in [6.07, 6.45) is 6.20. The summed E-state index contributed by atoms with van der Waals surface area (Å²) in [7, 11) is 0. The van der Waals surface area contributed by atoms with E-state index >= 15 is 0 Å². The molecule has 10 heteroatoms. The van der Waals surface area contributed by atoms with E-state index in [1.807, 2.05) is 31.5 Å². The number of alkyl carbamates (subject to hydrolysis) is 1. The lowest BCUT2D eigenvalue weighted by Crippen LogP contribution is -2.33. The van der Waals surface area contributed by atoms with Gasteiger partial charge in [0, 0.05) is 32.4 Å². The average Bonchev–Trinajstić information content (AvgIpc) is 3.15. The van der Waals surface area contributed by atoms with E-state index < -0.39 is 5.60 Å². The Hall–Kier alpha value is -2.10. The smallest absolute Gasteiger partial charge is 0.407 e. The monoisotopic (exact) mass is 467 g/mol. The first-order valence-electron chi connectivity index (χ1n) is 11.3. The van der Waals surface area contributed by atoms with E-state index in [0.717, 1.165) is 49.6 Å². The Morgan fingerprint density at radius 1 is 1.28 bits per heavy atom. The number of halogens is 1. The summed E-state index contributed by atoms with van der Waals surface area (Å²) in [5.74, 6) is 0.694. The Bertz CT molecular complexity index is 877. The first-order valence-corrected chi connectivity index (χ1v) is 11.6. The highest BCUT2D eigenvalue weighted by Gasteiger charge is 2.20. The van der Waals surface area contributed by atoms with Gasteiger partial charge in [-0.3, -0.25) is 0 Å². The molecule has 0 saturated carbocycles. The molecule has 0 aliphatic carbocycles. The van der Waals surface area contributed by atoms with E-state index in [9.17, 15) is 4.79 Å². The molecule has 0 bridgehead atoms. The Balaban J connectivity index is 1.37. The fraction of sp³-hybridized carbons (Fsp3) is 0.682. The molecule has 0 spiro atoms. The van der Waals surface area contributed by atoms with Gasteiger partial charge in [-0.1, -0.05) is 11.6 Å². The molecule has 1 amide bonds. The van der Waals surface area contributed by atoms with Crippen molar-refractivity contribution < 1.29 is 19.0 Å². The molecule has 1 aliphatic heterocycles. The maximum Gasteiger partial charge on any atom is 0.407 e. The van der Waals surface area contributed by atoms with Crippen LogP contribution in [0, 0.1) is 0 Å². The number of carbonyl (C=O) groups is 1. The Morgan fingerprint density at radius 2 is 2.12 bits per heavy atom. The van der Waals surface area contributed by atoms with Crippen molar-refractivity contribution in [3.05, 3.63) is 17.4 Å². The molecule has 178 valence electrons. The third-order valence-corrected chi connectivity index (χ3v) is 5.11. The van der Waals surface area contributed by atoms with Gasteiger partial charge in [-0.25, -0.2) is 14.5 Å². The van der Waals surface area contributed by atoms with E-state index in [0.29, 0.717) is 37.3 Å². The predicted octanol–water partition coefficient (Wildman–Crippen LogP) is 4.52. The number of ether oxygens (including phenoxy) is 3. The number of fused-ring (bicyclic) bond motifs is 1. The van der Waals surface area contributed by atoms with Crippen LogP contribution < -0.4 is 10.6 Å². The third-order valence-electron chi connectivity index (χ3n) is 4.91. The number of aromatic nitrogens is 3. The summed E-state index contributed by atoms with van der Waals surface area (Å²) in [6, 6.07) is 1.83. The van der Waals surface area contributed by atoms with Crippen molar-refractivity contribution in [2.45, 2.75) is 64.7 Å². The maximum absolute atomic E-state index is 11.6. The number of hydrogen-bond donors (Lipinski definition) is 2. The Kier molecular flexibility index (Phi) is 8.95. The van der Waals surface area contributed by atoms with Gasteiger partial charge in [0.25, 0.3) is 0 Å². The zero-order valence-electron chi connectivity index (χ0n) is 19.2. The minimum atomic E-state index is -0.480. The molecular formula is C22H34ClN5O4. The lowest BCUT2D eigenvalue weighted by Gasteiger charge is -2.23. The van der Waals surface area contributed by atoms with Gasteiger partial charge in [0.05, 0.1) is 23.7 Å². The standard InChI is InChI=1S/C22H34ClN5O4/c1-22(2,3)32-21(29)25-9-5-7-11-30-13-10-24-20-16-15-26-28(17(16)14-18(23)27-20)19-8-4-6-12-31-19/h14-15,19H,4-13H2,1-3H3,(H,24,27)(H,25,29). The van der Waals surface area contributed by atoms with Crippen molar-refractivity contribution in [2.24, 2.45) is 0 Å². The number of unbranched alkanes of at least 4 members (excludes halogenated alkanes) is 1. The molecule has 2 aromatic heterocycles. The summed E-state index contributed by atoms with van der Waals surface area (Å²) in [5.41, 5.74) is 0.434. The number of pyridine rings is 1. The number of amides is 1. The van der Waals surface area contributed by atoms with Crippen molar-refractivity contribution in [3.63, 3.8) is 0 Å². The zero-order valence-corrected chi connectivity index (χ0v) is 19.9. The molecule has 1 aliphatic rings. The average molecular weight is 468 g/mol. The molecule has 9 nitrogen and oxygen atoms in total. The number of anilines is 1. The van der Waals surface area contributed by atoms with Gasteiger partial charge < -0.3 is 24.8 Å². The van der Waals surface area contributed by atoms with Gasteiger partial charge in [0.15, 0.2) is 6.23 Å². The molecule has 3 heterocycles. The van der Waals surface area contributed by atoms with Crippen LogP contribution in [0.3, 0.4) is 0 Å². The highest BCUT2D eigenvalue weighted by atomic mass is 35.5. The first-order chi connectivity index (χ1) is 15.3. The predicted molar refractivity (Wildman–Crippen MR) is 124 cm³/mol. The van der Waals surface area contributed by atoms with Crippen LogP contribution in [0.2, 0.25) is 5.15 Å². The van der Waals surface area contributed by atoms with Crippen LogP contribution in [0.1, 0.15) is 59.1 Å². The van der Waals surface area contributed by atoms with Gasteiger partial charge in [-0.05, 0) is 52.9 Å². The van der Waals surface area contributed by atoms with Gasteiger partial charge in [0.2, 0.25) is 0 Å². The summed E-state index contributed by atoms with van der Waals surface area (Å²) in [5, 5.41) is 11.9. The van der Waals surface area contributed by atoms with E-state index in [4.69, 9.17) is 25.8 Å². The zero-order chi connectivity index (χ0) is 23.0.